The van der Waals surface area contributed by atoms with Gasteiger partial charge in [-0.3, -0.25) is 9.12 Å². The second-order valence-electron chi connectivity index (χ2n) is 7.09. The molecule has 1 aromatic carbocycles. The van der Waals surface area contributed by atoms with Gasteiger partial charge in [-0.1, -0.05) is 11.2 Å². The summed E-state index contributed by atoms with van der Waals surface area (Å²) >= 11 is 1.46. The second-order valence-corrected chi connectivity index (χ2v) is 9.63. The van der Waals surface area contributed by atoms with E-state index in [1.807, 2.05) is 41.1 Å². The van der Waals surface area contributed by atoms with Gasteiger partial charge in [0, 0.05) is 23.3 Å². The summed E-state index contributed by atoms with van der Waals surface area (Å²) in [5, 5.41) is 9.54. The molecule has 0 atom stereocenters. The van der Waals surface area contributed by atoms with Crippen LogP contribution < -0.4 is 10.0 Å². The third-order valence-electron chi connectivity index (χ3n) is 4.73. The number of imidazole rings is 1. The van der Waals surface area contributed by atoms with Crippen LogP contribution in [0.5, 0.6) is 0 Å². The molecule has 0 aliphatic rings. The van der Waals surface area contributed by atoms with Gasteiger partial charge in [-0.05, 0) is 50.2 Å². The van der Waals surface area contributed by atoms with Crippen molar-refractivity contribution in [2.75, 3.05) is 10.0 Å². The van der Waals surface area contributed by atoms with Gasteiger partial charge in [0.25, 0.3) is 10.0 Å². The van der Waals surface area contributed by atoms with Crippen molar-refractivity contribution >= 4 is 60.6 Å². The van der Waals surface area contributed by atoms with Crippen molar-refractivity contribution in [3.05, 3.63) is 71.6 Å². The number of anilines is 3. The van der Waals surface area contributed by atoms with Gasteiger partial charge in [0.05, 0.1) is 16.3 Å². The van der Waals surface area contributed by atoms with E-state index in [1.54, 1.807) is 19.1 Å². The first-order valence-electron chi connectivity index (χ1n) is 9.62. The summed E-state index contributed by atoms with van der Waals surface area (Å²) in [4.78, 5) is 9.38. The van der Waals surface area contributed by atoms with Crippen LogP contribution in [0.25, 0.3) is 17.0 Å². The zero-order chi connectivity index (χ0) is 22.3. The molecule has 12 heteroatoms. The first kappa shape index (κ1) is 23.0. The number of sulfonamides is 1. The molecule has 0 saturated carbocycles. The first-order valence-corrected chi connectivity index (χ1v) is 12.0. The largest absolute Gasteiger partial charge is 0.360 e. The molecular formula is C21H19BrN6O3S2. The molecule has 5 rings (SSSR count). The molecule has 0 radical (unpaired) electrons. The summed E-state index contributed by atoms with van der Waals surface area (Å²) < 4.78 is 34.3. The summed E-state index contributed by atoms with van der Waals surface area (Å²) in [6, 6.07) is 13.8. The number of aromatic nitrogens is 4. The minimum atomic E-state index is -3.76. The van der Waals surface area contributed by atoms with Crippen molar-refractivity contribution in [3.63, 3.8) is 0 Å². The van der Waals surface area contributed by atoms with Crippen LogP contribution in [0.2, 0.25) is 0 Å². The third kappa shape index (κ3) is 4.63. The van der Waals surface area contributed by atoms with E-state index in [0.717, 1.165) is 28.4 Å². The molecule has 4 aromatic heterocycles. The summed E-state index contributed by atoms with van der Waals surface area (Å²) in [6.45, 7) is 3.65. The topological polar surface area (TPSA) is 114 Å². The minimum Gasteiger partial charge on any atom is -0.360 e. The Kier molecular flexibility index (Phi) is 6.23. The second kappa shape index (κ2) is 8.96. The SMILES string of the molecule is Br.Cc1cc(NS(=O)(=O)c2ccc(Nc3nc(-c4c(C)nc5ccccn45)cs3)cc2)no1. The molecule has 0 unspecified atom stereocenters. The number of halogens is 1. The summed E-state index contributed by atoms with van der Waals surface area (Å²) in [6.07, 6.45) is 1.96. The number of rotatable bonds is 6. The van der Waals surface area contributed by atoms with Gasteiger partial charge in [0.1, 0.15) is 17.1 Å². The highest BCUT2D eigenvalue weighted by Gasteiger charge is 2.17. The monoisotopic (exact) mass is 546 g/mol. The molecule has 170 valence electrons. The molecule has 33 heavy (non-hydrogen) atoms. The van der Waals surface area contributed by atoms with Crippen molar-refractivity contribution in [3.8, 4) is 11.4 Å². The maximum atomic E-state index is 12.5. The van der Waals surface area contributed by atoms with Crippen LogP contribution in [0.15, 0.2) is 69.5 Å². The van der Waals surface area contributed by atoms with Crippen molar-refractivity contribution in [1.29, 1.82) is 0 Å². The molecule has 0 aliphatic heterocycles. The fourth-order valence-electron chi connectivity index (χ4n) is 3.31. The van der Waals surface area contributed by atoms with E-state index in [4.69, 9.17) is 4.52 Å². The van der Waals surface area contributed by atoms with Crippen molar-refractivity contribution < 1.29 is 12.9 Å². The standard InChI is InChI=1S/C21H18N6O3S2.BrH/c1-13-11-18(25-30-13)26-32(28,29)16-8-6-15(7-9-16)23-21-24-17(12-31-21)20-14(2)22-19-5-3-4-10-27(19)20;/h3-12H,1-2H3,(H,23,24)(H,25,26);1H. The van der Waals surface area contributed by atoms with E-state index in [0.29, 0.717) is 10.9 Å². The predicted octanol–water partition coefficient (Wildman–Crippen LogP) is 5.18. The van der Waals surface area contributed by atoms with Gasteiger partial charge < -0.3 is 9.84 Å². The lowest BCUT2D eigenvalue weighted by Gasteiger charge is -2.07. The van der Waals surface area contributed by atoms with Crippen molar-refractivity contribution in [2.45, 2.75) is 18.7 Å². The Morgan fingerprint density at radius 1 is 1.06 bits per heavy atom. The summed E-state index contributed by atoms with van der Waals surface area (Å²) in [7, 11) is -3.76. The Hall–Kier alpha value is -3.22. The molecule has 0 saturated heterocycles. The smallest absolute Gasteiger partial charge is 0.263 e. The van der Waals surface area contributed by atoms with E-state index in [-0.39, 0.29) is 27.7 Å². The lowest BCUT2D eigenvalue weighted by atomic mass is 10.3. The highest BCUT2D eigenvalue weighted by atomic mass is 79.9. The molecule has 2 N–H and O–H groups in total. The molecule has 0 fully saturated rings. The van der Waals surface area contributed by atoms with E-state index in [9.17, 15) is 8.42 Å². The maximum Gasteiger partial charge on any atom is 0.263 e. The van der Waals surface area contributed by atoms with Crippen LogP contribution in [0, 0.1) is 13.8 Å². The quantitative estimate of drug-likeness (QED) is 0.301. The molecule has 0 bridgehead atoms. The number of thiazole rings is 1. The number of hydrogen-bond acceptors (Lipinski definition) is 8. The zero-order valence-electron chi connectivity index (χ0n) is 17.5. The Bertz CT molecular complexity index is 1520. The van der Waals surface area contributed by atoms with E-state index in [1.165, 1.54) is 29.5 Å². The molecule has 0 amide bonds. The van der Waals surface area contributed by atoms with E-state index in [2.05, 4.69) is 25.2 Å². The first-order chi connectivity index (χ1) is 15.4. The van der Waals surface area contributed by atoms with Crippen molar-refractivity contribution in [1.82, 2.24) is 19.5 Å². The highest BCUT2D eigenvalue weighted by molar-refractivity contribution is 8.93. The molecule has 0 spiro atoms. The zero-order valence-corrected chi connectivity index (χ0v) is 20.9. The Balaban J connectivity index is 0.00000259. The number of fused-ring (bicyclic) bond motifs is 1. The van der Waals surface area contributed by atoms with Crippen LogP contribution in [-0.2, 0) is 10.0 Å². The number of benzene rings is 1. The lowest BCUT2D eigenvalue weighted by molar-refractivity contribution is 0.400. The van der Waals surface area contributed by atoms with Gasteiger partial charge in [-0.15, -0.1) is 28.3 Å². The average Bonchev–Trinajstić information content (AvgIpc) is 3.46. The number of nitrogens with zero attached hydrogens (tertiary/aromatic N) is 4. The Morgan fingerprint density at radius 3 is 2.58 bits per heavy atom. The average molecular weight is 547 g/mol. The molecule has 5 aromatic rings. The van der Waals surface area contributed by atoms with Crippen LogP contribution in [-0.4, -0.2) is 27.9 Å². The molecule has 9 nitrogen and oxygen atoms in total. The van der Waals surface area contributed by atoms with Crippen LogP contribution in [0.1, 0.15) is 11.5 Å². The van der Waals surface area contributed by atoms with Gasteiger partial charge in [0.15, 0.2) is 10.9 Å². The number of hydrogen-bond donors (Lipinski definition) is 2. The Labute approximate surface area is 204 Å². The molecule has 0 aliphatic carbocycles. The fourth-order valence-corrected chi connectivity index (χ4v) is 5.01. The summed E-state index contributed by atoms with van der Waals surface area (Å²) in [5.74, 6) is 0.659. The minimum absolute atomic E-state index is 0. The van der Waals surface area contributed by atoms with E-state index < -0.39 is 10.0 Å². The van der Waals surface area contributed by atoms with Crippen LogP contribution in [0.4, 0.5) is 16.6 Å². The number of nitrogens with one attached hydrogen (secondary N) is 2. The highest BCUT2D eigenvalue weighted by Crippen LogP contribution is 2.30. The Morgan fingerprint density at radius 2 is 1.85 bits per heavy atom. The van der Waals surface area contributed by atoms with Gasteiger partial charge in [-0.25, -0.2) is 18.4 Å². The predicted molar refractivity (Wildman–Crippen MR) is 133 cm³/mol. The fraction of sp³-hybridized carbons (Fsp3) is 0.0952. The lowest BCUT2D eigenvalue weighted by Crippen LogP contribution is -2.13. The maximum absolute atomic E-state index is 12.5. The molecular weight excluding hydrogens is 528 g/mol. The van der Waals surface area contributed by atoms with Crippen LogP contribution in [0.3, 0.4) is 0 Å². The molecule has 4 heterocycles. The van der Waals surface area contributed by atoms with Crippen molar-refractivity contribution in [2.24, 2.45) is 0 Å². The summed E-state index contributed by atoms with van der Waals surface area (Å²) in [5.41, 5.74) is 4.25. The van der Waals surface area contributed by atoms with Gasteiger partial charge in [0.2, 0.25) is 0 Å². The van der Waals surface area contributed by atoms with E-state index >= 15 is 0 Å². The third-order valence-corrected chi connectivity index (χ3v) is 6.86. The number of pyridine rings is 1. The van der Waals surface area contributed by atoms with Crippen LogP contribution >= 0.6 is 28.3 Å². The van der Waals surface area contributed by atoms with Gasteiger partial charge in [-0.2, -0.15) is 0 Å². The number of aryl methyl sites for hydroxylation is 2. The normalized spacial score (nSPS) is 11.3. The van der Waals surface area contributed by atoms with Gasteiger partial charge >= 0.3 is 0 Å².